The summed E-state index contributed by atoms with van der Waals surface area (Å²) in [6.45, 7) is 4.65. The van der Waals surface area contributed by atoms with Gasteiger partial charge in [0.05, 0.1) is 6.61 Å². The predicted octanol–water partition coefficient (Wildman–Crippen LogP) is 4.46. The normalized spacial score (nSPS) is 19.2. The second-order valence-electron chi connectivity index (χ2n) is 8.24. The fourth-order valence-electron chi connectivity index (χ4n) is 4.90. The number of hydrogen-bond donors (Lipinski definition) is 0. The van der Waals surface area contributed by atoms with Gasteiger partial charge in [-0.2, -0.15) is 0 Å². The molecule has 0 unspecified atom stereocenters. The van der Waals surface area contributed by atoms with Gasteiger partial charge in [-0.1, -0.05) is 48.5 Å². The largest absolute Gasteiger partial charge is 0.494 e. The van der Waals surface area contributed by atoms with Gasteiger partial charge in [-0.3, -0.25) is 9.69 Å². The standard InChI is InChI=1S/C25H32N2O2/c28-24(14-9-21-29-23-12-5-2-6-13-23)26-19-15-25(16-20-26,27-17-7-8-18-27)22-10-3-1-4-11-22/h1-6,10-13H,7-9,14-21H2. The van der Waals surface area contributed by atoms with Crippen molar-refractivity contribution in [2.45, 2.75) is 44.1 Å². The molecule has 4 rings (SSSR count). The molecular weight excluding hydrogens is 360 g/mol. The second kappa shape index (κ2) is 9.45. The summed E-state index contributed by atoms with van der Waals surface area (Å²) in [5.41, 5.74) is 1.52. The molecule has 2 saturated heterocycles. The van der Waals surface area contributed by atoms with Crippen LogP contribution in [-0.4, -0.2) is 48.5 Å². The molecule has 2 aliphatic heterocycles. The first-order chi connectivity index (χ1) is 14.3. The molecule has 2 aromatic carbocycles. The highest BCUT2D eigenvalue weighted by Crippen LogP contribution is 2.40. The number of piperidine rings is 1. The van der Waals surface area contributed by atoms with Gasteiger partial charge in [0.2, 0.25) is 5.91 Å². The number of carbonyl (C=O) groups excluding carboxylic acids is 1. The van der Waals surface area contributed by atoms with Crippen LogP contribution in [0.25, 0.3) is 0 Å². The molecule has 0 saturated carbocycles. The van der Waals surface area contributed by atoms with Crippen LogP contribution >= 0.6 is 0 Å². The van der Waals surface area contributed by atoms with Crippen LogP contribution in [0.2, 0.25) is 0 Å². The number of rotatable bonds is 7. The number of carbonyl (C=O) groups is 1. The molecule has 0 aliphatic carbocycles. The highest BCUT2D eigenvalue weighted by Gasteiger charge is 2.42. The number of hydrogen-bond acceptors (Lipinski definition) is 3. The zero-order chi connectivity index (χ0) is 19.9. The van der Waals surface area contributed by atoms with Gasteiger partial charge in [0, 0.05) is 25.0 Å². The lowest BCUT2D eigenvalue weighted by molar-refractivity contribution is -0.134. The van der Waals surface area contributed by atoms with Crippen molar-refractivity contribution in [3.63, 3.8) is 0 Å². The summed E-state index contributed by atoms with van der Waals surface area (Å²) >= 11 is 0. The second-order valence-corrected chi connectivity index (χ2v) is 8.24. The van der Waals surface area contributed by atoms with Crippen molar-refractivity contribution in [1.29, 1.82) is 0 Å². The van der Waals surface area contributed by atoms with E-state index in [9.17, 15) is 4.79 Å². The Morgan fingerprint density at radius 3 is 2.14 bits per heavy atom. The molecule has 4 nitrogen and oxygen atoms in total. The number of likely N-dealkylation sites (tertiary alicyclic amines) is 2. The topological polar surface area (TPSA) is 32.8 Å². The molecular formula is C25H32N2O2. The minimum atomic E-state index is 0.102. The van der Waals surface area contributed by atoms with E-state index in [4.69, 9.17) is 4.74 Å². The summed E-state index contributed by atoms with van der Waals surface area (Å²) in [6.07, 6.45) is 5.97. The minimum Gasteiger partial charge on any atom is -0.494 e. The Balaban J connectivity index is 1.30. The van der Waals surface area contributed by atoms with Crippen molar-refractivity contribution in [2.75, 3.05) is 32.8 Å². The molecule has 154 valence electrons. The molecule has 4 heteroatoms. The van der Waals surface area contributed by atoms with Crippen molar-refractivity contribution in [1.82, 2.24) is 9.80 Å². The van der Waals surface area contributed by atoms with E-state index in [-0.39, 0.29) is 11.4 Å². The first kappa shape index (κ1) is 20.0. The minimum absolute atomic E-state index is 0.102. The van der Waals surface area contributed by atoms with Crippen LogP contribution in [0.1, 0.15) is 44.1 Å². The Bertz CT molecular complexity index is 764. The highest BCUT2D eigenvalue weighted by atomic mass is 16.5. The third-order valence-electron chi connectivity index (χ3n) is 6.51. The zero-order valence-corrected chi connectivity index (χ0v) is 17.3. The molecule has 29 heavy (non-hydrogen) atoms. The average molecular weight is 393 g/mol. The Labute approximate surface area is 174 Å². The summed E-state index contributed by atoms with van der Waals surface area (Å²) in [5, 5.41) is 0. The van der Waals surface area contributed by atoms with Gasteiger partial charge in [-0.15, -0.1) is 0 Å². The van der Waals surface area contributed by atoms with Crippen LogP contribution in [-0.2, 0) is 10.3 Å². The molecule has 0 atom stereocenters. The van der Waals surface area contributed by atoms with Gasteiger partial charge in [-0.25, -0.2) is 0 Å². The Kier molecular flexibility index (Phi) is 6.50. The average Bonchev–Trinajstić information content (AvgIpc) is 3.33. The molecule has 0 N–H and O–H groups in total. The first-order valence-corrected chi connectivity index (χ1v) is 11.0. The maximum absolute atomic E-state index is 12.7. The van der Waals surface area contributed by atoms with Crippen molar-refractivity contribution in [3.05, 3.63) is 66.2 Å². The smallest absolute Gasteiger partial charge is 0.222 e. The number of nitrogens with zero attached hydrogens (tertiary/aromatic N) is 2. The van der Waals surface area contributed by atoms with E-state index in [2.05, 4.69) is 40.1 Å². The van der Waals surface area contributed by atoms with Gasteiger partial charge in [0.25, 0.3) is 0 Å². The van der Waals surface area contributed by atoms with Gasteiger partial charge in [0.1, 0.15) is 5.75 Å². The summed E-state index contributed by atoms with van der Waals surface area (Å²) in [7, 11) is 0. The molecule has 1 amide bonds. The molecule has 0 bridgehead atoms. The van der Waals surface area contributed by atoms with E-state index in [1.807, 2.05) is 30.3 Å². The van der Waals surface area contributed by atoms with E-state index in [1.165, 1.54) is 31.5 Å². The molecule has 0 radical (unpaired) electrons. The highest BCUT2D eigenvalue weighted by molar-refractivity contribution is 5.76. The number of ether oxygens (including phenoxy) is 1. The maximum Gasteiger partial charge on any atom is 0.222 e. The molecule has 2 aromatic rings. The van der Waals surface area contributed by atoms with Gasteiger partial charge >= 0.3 is 0 Å². The Morgan fingerprint density at radius 2 is 1.48 bits per heavy atom. The lowest BCUT2D eigenvalue weighted by atomic mass is 9.79. The Hall–Kier alpha value is -2.33. The summed E-state index contributed by atoms with van der Waals surface area (Å²) in [4.78, 5) is 17.5. The third kappa shape index (κ3) is 4.64. The van der Waals surface area contributed by atoms with Crippen molar-refractivity contribution in [2.24, 2.45) is 0 Å². The fourth-order valence-corrected chi connectivity index (χ4v) is 4.90. The summed E-state index contributed by atoms with van der Waals surface area (Å²) in [6, 6.07) is 20.8. The van der Waals surface area contributed by atoms with Crippen LogP contribution < -0.4 is 4.74 Å². The maximum atomic E-state index is 12.7. The Morgan fingerprint density at radius 1 is 0.862 bits per heavy atom. The van der Waals surface area contributed by atoms with E-state index < -0.39 is 0 Å². The van der Waals surface area contributed by atoms with E-state index in [0.717, 1.165) is 38.1 Å². The van der Waals surface area contributed by atoms with Crippen molar-refractivity contribution < 1.29 is 9.53 Å². The molecule has 2 aliphatic rings. The predicted molar refractivity (Wildman–Crippen MR) is 116 cm³/mol. The van der Waals surface area contributed by atoms with Crippen molar-refractivity contribution >= 4 is 5.91 Å². The van der Waals surface area contributed by atoms with E-state index >= 15 is 0 Å². The molecule has 2 heterocycles. The van der Waals surface area contributed by atoms with Crippen LogP contribution in [0.3, 0.4) is 0 Å². The van der Waals surface area contributed by atoms with E-state index in [1.54, 1.807) is 0 Å². The zero-order valence-electron chi connectivity index (χ0n) is 17.3. The molecule has 0 aromatic heterocycles. The van der Waals surface area contributed by atoms with Crippen LogP contribution in [0.5, 0.6) is 5.75 Å². The fraction of sp³-hybridized carbons (Fsp3) is 0.480. The van der Waals surface area contributed by atoms with Gasteiger partial charge in [0.15, 0.2) is 0 Å². The SMILES string of the molecule is O=C(CCCOc1ccccc1)N1CCC(c2ccccc2)(N2CCCC2)CC1. The lowest BCUT2D eigenvalue weighted by Crippen LogP contribution is -2.53. The monoisotopic (exact) mass is 392 g/mol. The number of benzene rings is 2. The lowest BCUT2D eigenvalue weighted by Gasteiger charge is -2.48. The summed E-state index contributed by atoms with van der Waals surface area (Å²) < 4.78 is 5.72. The molecule has 0 spiro atoms. The van der Waals surface area contributed by atoms with Gasteiger partial charge < -0.3 is 9.64 Å². The quantitative estimate of drug-likeness (QED) is 0.652. The first-order valence-electron chi connectivity index (χ1n) is 11.0. The molecule has 2 fully saturated rings. The van der Waals surface area contributed by atoms with Crippen LogP contribution in [0.4, 0.5) is 0 Å². The van der Waals surface area contributed by atoms with Crippen molar-refractivity contribution in [3.8, 4) is 5.75 Å². The van der Waals surface area contributed by atoms with Gasteiger partial charge in [-0.05, 0) is 62.9 Å². The summed E-state index contributed by atoms with van der Waals surface area (Å²) in [5.74, 6) is 1.14. The van der Waals surface area contributed by atoms with Crippen LogP contribution in [0.15, 0.2) is 60.7 Å². The number of amides is 1. The van der Waals surface area contributed by atoms with E-state index in [0.29, 0.717) is 13.0 Å². The van der Waals surface area contributed by atoms with Crippen LogP contribution in [0, 0.1) is 0 Å². The number of para-hydroxylation sites is 1. The third-order valence-corrected chi connectivity index (χ3v) is 6.51.